The van der Waals surface area contributed by atoms with Crippen LogP contribution in [0.15, 0.2) is 11.6 Å². The van der Waals surface area contributed by atoms with Gasteiger partial charge in [-0.1, -0.05) is 24.5 Å². The molecular weight excluding hydrogens is 313 g/mol. The molecule has 0 radical (unpaired) electrons. The van der Waals surface area contributed by atoms with Crippen molar-refractivity contribution in [2.75, 3.05) is 19.7 Å². The Morgan fingerprint density at radius 1 is 1.26 bits per heavy atom. The molecule has 0 heterocycles. The van der Waals surface area contributed by atoms with E-state index >= 15 is 0 Å². The van der Waals surface area contributed by atoms with E-state index in [-0.39, 0.29) is 19.3 Å². The molecule has 1 unspecified atom stereocenters. The summed E-state index contributed by atoms with van der Waals surface area (Å²) in [4.78, 5) is 21.9. The van der Waals surface area contributed by atoms with Crippen molar-refractivity contribution in [2.24, 2.45) is 0 Å². The number of ether oxygens (including phenoxy) is 1. The maximum absolute atomic E-state index is 11.9. The number of hydrogen-bond acceptors (Lipinski definition) is 3. The van der Waals surface area contributed by atoms with Gasteiger partial charge in [0.1, 0.15) is 0 Å². The summed E-state index contributed by atoms with van der Waals surface area (Å²) in [5, 5.41) is 3.91. The van der Waals surface area contributed by atoms with Crippen LogP contribution in [-0.4, -0.2) is 43.8 Å². The third-order valence-corrected chi connectivity index (χ3v) is 3.45. The molecule has 0 fully saturated rings. The first-order chi connectivity index (χ1) is 10.8. The number of nitrogens with one attached hydrogen (secondary N) is 2. The average molecular weight is 336 g/mol. The van der Waals surface area contributed by atoms with Crippen LogP contribution in [0.4, 0.5) is 13.2 Å². The molecular formula is C15H23F3N2O3. The smallest absolute Gasteiger partial charge is 0.372 e. The summed E-state index contributed by atoms with van der Waals surface area (Å²) >= 11 is 0. The van der Waals surface area contributed by atoms with E-state index in [9.17, 15) is 22.8 Å². The fourth-order valence-corrected chi connectivity index (χ4v) is 2.27. The highest BCUT2D eigenvalue weighted by atomic mass is 19.4. The molecule has 1 aliphatic rings. The Morgan fingerprint density at radius 2 is 2.00 bits per heavy atom. The summed E-state index contributed by atoms with van der Waals surface area (Å²) in [7, 11) is 0. The van der Waals surface area contributed by atoms with Gasteiger partial charge >= 0.3 is 12.1 Å². The van der Waals surface area contributed by atoms with Gasteiger partial charge in [0.05, 0.1) is 19.3 Å². The molecule has 2 N–H and O–H groups in total. The molecule has 1 rings (SSSR count). The Hall–Kier alpha value is -1.57. The third kappa shape index (κ3) is 8.59. The molecule has 0 aliphatic heterocycles. The van der Waals surface area contributed by atoms with Gasteiger partial charge in [-0.15, -0.1) is 0 Å². The van der Waals surface area contributed by atoms with Crippen LogP contribution in [0.2, 0.25) is 0 Å². The van der Waals surface area contributed by atoms with Crippen LogP contribution in [0.5, 0.6) is 0 Å². The number of allylic oxidation sites excluding steroid dienone is 1. The molecule has 1 atom stereocenters. The zero-order chi connectivity index (χ0) is 17.3. The monoisotopic (exact) mass is 336 g/mol. The predicted molar refractivity (Wildman–Crippen MR) is 78.7 cm³/mol. The van der Waals surface area contributed by atoms with Gasteiger partial charge in [0.15, 0.2) is 0 Å². The van der Waals surface area contributed by atoms with Crippen molar-refractivity contribution < 1.29 is 27.5 Å². The van der Waals surface area contributed by atoms with Crippen LogP contribution in [0.1, 0.15) is 39.0 Å². The first-order valence-electron chi connectivity index (χ1n) is 7.69. The third-order valence-electron chi connectivity index (χ3n) is 3.45. The number of amides is 2. The van der Waals surface area contributed by atoms with E-state index in [0.717, 1.165) is 19.3 Å². The fourth-order valence-electron chi connectivity index (χ4n) is 2.27. The predicted octanol–water partition coefficient (Wildman–Crippen LogP) is 2.08. The van der Waals surface area contributed by atoms with Crippen molar-refractivity contribution in [1.29, 1.82) is 0 Å². The minimum Gasteiger partial charge on any atom is -0.372 e. The van der Waals surface area contributed by atoms with E-state index in [2.05, 4.69) is 18.3 Å². The topological polar surface area (TPSA) is 67.4 Å². The number of carbonyl (C=O) groups excluding carboxylic acids is 2. The molecule has 0 aromatic heterocycles. The van der Waals surface area contributed by atoms with Crippen LogP contribution < -0.4 is 10.6 Å². The highest BCUT2D eigenvalue weighted by Gasteiger charge is 2.38. The molecule has 23 heavy (non-hydrogen) atoms. The molecule has 0 aromatic carbocycles. The first kappa shape index (κ1) is 19.5. The van der Waals surface area contributed by atoms with Gasteiger partial charge in [-0.25, -0.2) is 0 Å². The van der Waals surface area contributed by atoms with Crippen LogP contribution in [-0.2, 0) is 14.3 Å². The molecule has 0 bridgehead atoms. The lowest BCUT2D eigenvalue weighted by molar-refractivity contribution is -0.173. The molecule has 8 heteroatoms. The minimum atomic E-state index is -4.98. The van der Waals surface area contributed by atoms with Crippen molar-refractivity contribution in [3.63, 3.8) is 0 Å². The molecule has 132 valence electrons. The van der Waals surface area contributed by atoms with E-state index in [4.69, 9.17) is 4.74 Å². The van der Waals surface area contributed by atoms with Crippen molar-refractivity contribution in [2.45, 2.75) is 51.3 Å². The Kier molecular flexibility index (Phi) is 8.08. The molecule has 0 saturated carbocycles. The Bertz CT molecular complexity index is 436. The van der Waals surface area contributed by atoms with Crippen LogP contribution in [0.25, 0.3) is 0 Å². The second-order valence-corrected chi connectivity index (χ2v) is 5.55. The van der Waals surface area contributed by atoms with Crippen molar-refractivity contribution >= 4 is 11.8 Å². The van der Waals surface area contributed by atoms with Gasteiger partial charge in [0.25, 0.3) is 0 Å². The molecule has 5 nitrogen and oxygen atoms in total. The van der Waals surface area contributed by atoms with Gasteiger partial charge < -0.3 is 15.4 Å². The maximum atomic E-state index is 11.9. The van der Waals surface area contributed by atoms with Crippen LogP contribution in [0, 0.1) is 0 Å². The largest absolute Gasteiger partial charge is 0.471 e. The number of halogens is 3. The second-order valence-electron chi connectivity index (χ2n) is 5.55. The number of alkyl halides is 3. The lowest BCUT2D eigenvalue weighted by Gasteiger charge is -2.18. The number of carbonyl (C=O) groups is 2. The molecule has 0 spiro atoms. The lowest BCUT2D eigenvalue weighted by atomic mass is 9.99. The summed E-state index contributed by atoms with van der Waals surface area (Å²) in [5.74, 6) is -2.81. The fraction of sp³-hybridized carbons (Fsp3) is 0.733. The SMILES string of the molecule is C/C1=C/C(OCCNC(=O)CNC(=O)C(F)(F)F)CCCCC1. The van der Waals surface area contributed by atoms with Gasteiger partial charge in [-0.05, 0) is 26.2 Å². The summed E-state index contributed by atoms with van der Waals surface area (Å²) in [6.07, 6.45) is 2.55. The molecule has 2 amide bonds. The van der Waals surface area contributed by atoms with Gasteiger partial charge in [-0.3, -0.25) is 9.59 Å². The van der Waals surface area contributed by atoms with E-state index < -0.39 is 24.5 Å². The number of rotatable bonds is 6. The quantitative estimate of drug-likeness (QED) is 0.576. The van der Waals surface area contributed by atoms with Crippen molar-refractivity contribution in [3.8, 4) is 0 Å². The van der Waals surface area contributed by atoms with E-state index in [1.807, 2.05) is 0 Å². The maximum Gasteiger partial charge on any atom is 0.471 e. The van der Waals surface area contributed by atoms with E-state index in [1.54, 1.807) is 0 Å². The van der Waals surface area contributed by atoms with Gasteiger partial charge in [0, 0.05) is 6.54 Å². The van der Waals surface area contributed by atoms with Gasteiger partial charge in [0.2, 0.25) is 5.91 Å². The second kappa shape index (κ2) is 9.54. The summed E-state index contributed by atoms with van der Waals surface area (Å²) in [6, 6.07) is 0. The first-order valence-corrected chi connectivity index (χ1v) is 7.69. The summed E-state index contributed by atoms with van der Waals surface area (Å²) < 4.78 is 41.5. The van der Waals surface area contributed by atoms with E-state index in [1.165, 1.54) is 23.7 Å². The Balaban J connectivity index is 2.18. The normalized spacial score (nSPS) is 21.6. The zero-order valence-corrected chi connectivity index (χ0v) is 13.2. The molecule has 1 aliphatic carbocycles. The summed E-state index contributed by atoms with van der Waals surface area (Å²) in [5.41, 5.74) is 1.29. The van der Waals surface area contributed by atoms with Crippen molar-refractivity contribution in [3.05, 3.63) is 11.6 Å². The average Bonchev–Trinajstić information content (AvgIpc) is 2.44. The summed E-state index contributed by atoms with van der Waals surface area (Å²) in [6.45, 7) is 1.81. The minimum absolute atomic E-state index is 0.0112. The number of hydrogen-bond donors (Lipinski definition) is 2. The lowest BCUT2D eigenvalue weighted by Crippen LogP contribution is -2.43. The highest BCUT2D eigenvalue weighted by Crippen LogP contribution is 2.18. The molecule has 0 saturated heterocycles. The van der Waals surface area contributed by atoms with E-state index in [0.29, 0.717) is 0 Å². The van der Waals surface area contributed by atoms with Crippen molar-refractivity contribution in [1.82, 2.24) is 10.6 Å². The van der Waals surface area contributed by atoms with Crippen LogP contribution in [0.3, 0.4) is 0 Å². The Labute approximate surface area is 133 Å². The highest BCUT2D eigenvalue weighted by molar-refractivity contribution is 5.87. The van der Waals surface area contributed by atoms with Crippen LogP contribution >= 0.6 is 0 Å². The zero-order valence-electron chi connectivity index (χ0n) is 13.2. The standard InChI is InChI=1S/C15H23F3N2O3/c1-11-5-3-2-4-6-12(9-11)23-8-7-19-13(21)10-20-14(22)15(16,17)18/h9,12H,2-8,10H2,1H3,(H,19,21)(H,20,22)/b11-9-. The Morgan fingerprint density at radius 3 is 2.70 bits per heavy atom. The molecule has 0 aromatic rings. The van der Waals surface area contributed by atoms with Gasteiger partial charge in [-0.2, -0.15) is 13.2 Å².